The minimum Gasteiger partial charge on any atom is -0.461 e. The predicted octanol–water partition coefficient (Wildman–Crippen LogP) is 5.57. The highest BCUT2D eigenvalue weighted by Gasteiger charge is 2.14. The zero-order valence-corrected chi connectivity index (χ0v) is 14.0. The number of anilines is 1. The molecule has 21 heavy (non-hydrogen) atoms. The lowest BCUT2D eigenvalue weighted by atomic mass is 10.0. The number of furan rings is 1. The second-order valence-electron chi connectivity index (χ2n) is 5.71. The molecule has 0 amide bonds. The van der Waals surface area contributed by atoms with Crippen LogP contribution in [0.1, 0.15) is 58.3 Å². The van der Waals surface area contributed by atoms with E-state index in [9.17, 15) is 0 Å². The Bertz CT molecular complexity index is 566. The summed E-state index contributed by atoms with van der Waals surface area (Å²) in [5.74, 6) is 1.21. The number of hydrogen-bond donors (Lipinski definition) is 0. The average Bonchev–Trinajstić information content (AvgIpc) is 2.84. The standard InChI is InChI=1S/C19H29NO/c1-5-9-11-18-16(10-6-2)17-13-12-15(14-19(17)21-18)20(7-3)8-4/h12-14H,5-11H2,1-4H3. The van der Waals surface area contributed by atoms with Crippen molar-refractivity contribution < 1.29 is 4.42 Å². The lowest BCUT2D eigenvalue weighted by molar-refractivity contribution is 0.529. The molecule has 2 aromatic rings. The third kappa shape index (κ3) is 3.42. The topological polar surface area (TPSA) is 16.4 Å². The summed E-state index contributed by atoms with van der Waals surface area (Å²) in [5.41, 5.74) is 3.77. The number of aryl methyl sites for hydroxylation is 2. The van der Waals surface area contributed by atoms with Crippen molar-refractivity contribution in [2.45, 2.75) is 59.8 Å². The van der Waals surface area contributed by atoms with Gasteiger partial charge in [-0.3, -0.25) is 0 Å². The van der Waals surface area contributed by atoms with Crippen molar-refractivity contribution in [1.82, 2.24) is 0 Å². The summed E-state index contributed by atoms with van der Waals surface area (Å²) in [6, 6.07) is 6.72. The number of rotatable bonds is 8. The van der Waals surface area contributed by atoms with Crippen LogP contribution in [0.3, 0.4) is 0 Å². The van der Waals surface area contributed by atoms with E-state index in [1.807, 2.05) is 0 Å². The van der Waals surface area contributed by atoms with Gasteiger partial charge in [-0.15, -0.1) is 0 Å². The van der Waals surface area contributed by atoms with Crippen molar-refractivity contribution in [3.05, 3.63) is 29.5 Å². The molecule has 1 heterocycles. The summed E-state index contributed by atoms with van der Waals surface area (Å²) in [4.78, 5) is 2.37. The lowest BCUT2D eigenvalue weighted by Gasteiger charge is -2.20. The molecular formula is C19H29NO. The SMILES string of the molecule is CCCCc1oc2cc(N(CC)CC)ccc2c1CCC. The van der Waals surface area contributed by atoms with Crippen LogP contribution in [0, 0.1) is 0 Å². The van der Waals surface area contributed by atoms with Gasteiger partial charge >= 0.3 is 0 Å². The maximum atomic E-state index is 6.21. The molecule has 0 unspecified atom stereocenters. The third-order valence-electron chi connectivity index (χ3n) is 4.25. The van der Waals surface area contributed by atoms with Crippen molar-refractivity contribution >= 4 is 16.7 Å². The summed E-state index contributed by atoms with van der Waals surface area (Å²) >= 11 is 0. The summed E-state index contributed by atoms with van der Waals surface area (Å²) in [6.07, 6.45) is 5.79. The van der Waals surface area contributed by atoms with Crippen molar-refractivity contribution in [1.29, 1.82) is 0 Å². The highest BCUT2D eigenvalue weighted by molar-refractivity contribution is 5.85. The van der Waals surface area contributed by atoms with E-state index in [1.54, 1.807) is 0 Å². The summed E-state index contributed by atoms with van der Waals surface area (Å²) in [5, 5.41) is 1.32. The molecule has 116 valence electrons. The molecule has 1 aromatic heterocycles. The molecule has 0 saturated carbocycles. The number of hydrogen-bond acceptors (Lipinski definition) is 2. The molecule has 2 heteroatoms. The Morgan fingerprint density at radius 3 is 2.33 bits per heavy atom. The molecule has 0 bridgehead atoms. The maximum absolute atomic E-state index is 6.21. The van der Waals surface area contributed by atoms with Crippen LogP contribution in [0.5, 0.6) is 0 Å². The Hall–Kier alpha value is -1.44. The van der Waals surface area contributed by atoms with E-state index >= 15 is 0 Å². The Balaban J connectivity index is 2.42. The van der Waals surface area contributed by atoms with E-state index in [-0.39, 0.29) is 0 Å². The first-order valence-electron chi connectivity index (χ1n) is 8.54. The molecule has 2 nitrogen and oxygen atoms in total. The first-order valence-corrected chi connectivity index (χ1v) is 8.54. The van der Waals surface area contributed by atoms with Gasteiger partial charge in [0.2, 0.25) is 0 Å². The molecule has 0 saturated heterocycles. The van der Waals surface area contributed by atoms with Crippen LogP contribution >= 0.6 is 0 Å². The van der Waals surface area contributed by atoms with Gasteiger partial charge in [0.05, 0.1) is 0 Å². The normalized spacial score (nSPS) is 11.2. The molecule has 0 radical (unpaired) electrons. The molecule has 0 spiro atoms. The Morgan fingerprint density at radius 2 is 1.71 bits per heavy atom. The fourth-order valence-corrected chi connectivity index (χ4v) is 3.04. The number of benzene rings is 1. The highest BCUT2D eigenvalue weighted by atomic mass is 16.3. The van der Waals surface area contributed by atoms with Gasteiger partial charge in [-0.05, 0) is 38.8 Å². The van der Waals surface area contributed by atoms with E-state index in [0.717, 1.165) is 31.5 Å². The van der Waals surface area contributed by atoms with Crippen molar-refractivity contribution in [2.24, 2.45) is 0 Å². The summed E-state index contributed by atoms with van der Waals surface area (Å²) in [6.45, 7) is 10.9. The van der Waals surface area contributed by atoms with E-state index in [1.165, 1.54) is 41.7 Å². The van der Waals surface area contributed by atoms with Crippen LogP contribution < -0.4 is 4.90 Å². The van der Waals surface area contributed by atoms with Gasteiger partial charge in [0.15, 0.2) is 0 Å². The van der Waals surface area contributed by atoms with Crippen LogP contribution in [0.15, 0.2) is 22.6 Å². The van der Waals surface area contributed by atoms with Gasteiger partial charge in [0.1, 0.15) is 11.3 Å². The number of fused-ring (bicyclic) bond motifs is 1. The molecule has 0 aliphatic carbocycles. The van der Waals surface area contributed by atoms with Gasteiger partial charge in [-0.1, -0.05) is 26.7 Å². The molecule has 0 atom stereocenters. The molecule has 0 aliphatic heterocycles. The van der Waals surface area contributed by atoms with Gasteiger partial charge in [-0.25, -0.2) is 0 Å². The Kier molecular flexibility index (Phi) is 5.72. The Morgan fingerprint density at radius 1 is 0.952 bits per heavy atom. The van der Waals surface area contributed by atoms with E-state index in [4.69, 9.17) is 4.42 Å². The molecule has 0 N–H and O–H groups in total. The van der Waals surface area contributed by atoms with Gasteiger partial charge in [0.25, 0.3) is 0 Å². The molecule has 1 aromatic carbocycles. The largest absolute Gasteiger partial charge is 0.461 e. The van der Waals surface area contributed by atoms with Crippen LogP contribution in [0.25, 0.3) is 11.0 Å². The fraction of sp³-hybridized carbons (Fsp3) is 0.579. The smallest absolute Gasteiger partial charge is 0.136 e. The fourth-order valence-electron chi connectivity index (χ4n) is 3.04. The van der Waals surface area contributed by atoms with Crippen LogP contribution in [-0.4, -0.2) is 13.1 Å². The summed E-state index contributed by atoms with van der Waals surface area (Å²) < 4.78 is 6.21. The van der Waals surface area contributed by atoms with Crippen LogP contribution in [0.4, 0.5) is 5.69 Å². The van der Waals surface area contributed by atoms with E-state index < -0.39 is 0 Å². The predicted molar refractivity (Wildman–Crippen MR) is 92.4 cm³/mol. The minimum atomic E-state index is 1.03. The second-order valence-corrected chi connectivity index (χ2v) is 5.71. The molecule has 2 rings (SSSR count). The van der Waals surface area contributed by atoms with Crippen LogP contribution in [0.2, 0.25) is 0 Å². The quantitative estimate of drug-likeness (QED) is 0.630. The molecule has 0 fully saturated rings. The zero-order chi connectivity index (χ0) is 15.2. The highest BCUT2D eigenvalue weighted by Crippen LogP contribution is 2.31. The lowest BCUT2D eigenvalue weighted by Crippen LogP contribution is -2.21. The van der Waals surface area contributed by atoms with E-state index in [2.05, 4.69) is 50.8 Å². The molecular weight excluding hydrogens is 258 g/mol. The molecule has 0 aliphatic rings. The Labute approximate surface area is 129 Å². The third-order valence-corrected chi connectivity index (χ3v) is 4.25. The number of nitrogens with zero attached hydrogens (tertiary/aromatic N) is 1. The van der Waals surface area contributed by atoms with E-state index in [0.29, 0.717) is 0 Å². The first-order chi connectivity index (χ1) is 10.2. The second kappa shape index (κ2) is 7.53. The van der Waals surface area contributed by atoms with Crippen LogP contribution in [-0.2, 0) is 12.8 Å². The van der Waals surface area contributed by atoms with Crippen molar-refractivity contribution in [3.63, 3.8) is 0 Å². The van der Waals surface area contributed by atoms with Gasteiger partial charge in [-0.2, -0.15) is 0 Å². The minimum absolute atomic E-state index is 1.03. The van der Waals surface area contributed by atoms with Crippen molar-refractivity contribution in [3.8, 4) is 0 Å². The first kappa shape index (κ1) is 15.9. The number of unbranched alkanes of at least 4 members (excludes halogenated alkanes) is 1. The monoisotopic (exact) mass is 287 g/mol. The van der Waals surface area contributed by atoms with Gasteiger partial charge < -0.3 is 9.32 Å². The average molecular weight is 287 g/mol. The zero-order valence-electron chi connectivity index (χ0n) is 14.0. The van der Waals surface area contributed by atoms with Gasteiger partial charge in [0, 0.05) is 42.2 Å². The van der Waals surface area contributed by atoms with Crippen molar-refractivity contribution in [2.75, 3.05) is 18.0 Å². The maximum Gasteiger partial charge on any atom is 0.136 e. The summed E-state index contributed by atoms with van der Waals surface area (Å²) in [7, 11) is 0.